The summed E-state index contributed by atoms with van der Waals surface area (Å²) in [5.74, 6) is 0.933. The summed E-state index contributed by atoms with van der Waals surface area (Å²) in [6.45, 7) is 2.44. The van der Waals surface area contributed by atoms with Crippen molar-refractivity contribution in [3.8, 4) is 11.5 Å². The Hall–Kier alpha value is -4.24. The number of amides is 1. The summed E-state index contributed by atoms with van der Waals surface area (Å²) in [4.78, 5) is 39.3. The largest absolute Gasteiger partial charge is 0.349 e. The third kappa shape index (κ3) is 4.97. The second-order valence-electron chi connectivity index (χ2n) is 10.0. The van der Waals surface area contributed by atoms with Gasteiger partial charge in [0.15, 0.2) is 0 Å². The van der Waals surface area contributed by atoms with Crippen molar-refractivity contribution in [1.82, 2.24) is 34.0 Å². The Balaban J connectivity index is 1.18. The predicted molar refractivity (Wildman–Crippen MR) is 150 cm³/mol. The van der Waals surface area contributed by atoms with Crippen LogP contribution in [0.3, 0.4) is 0 Å². The van der Waals surface area contributed by atoms with Crippen molar-refractivity contribution >= 4 is 28.5 Å². The van der Waals surface area contributed by atoms with E-state index in [2.05, 4.69) is 20.3 Å². The van der Waals surface area contributed by atoms with E-state index in [0.717, 1.165) is 48.2 Å². The lowest BCUT2D eigenvalue weighted by atomic mass is 9.85. The molecule has 0 saturated heterocycles. The Bertz CT molecular complexity index is 1680. The molecule has 1 aliphatic rings. The number of imidazole rings is 2. The van der Waals surface area contributed by atoms with Crippen LogP contribution in [-0.2, 0) is 6.54 Å². The van der Waals surface area contributed by atoms with E-state index in [-0.39, 0.29) is 17.6 Å². The number of hydrogen-bond acceptors (Lipinski definition) is 5. The zero-order chi connectivity index (χ0) is 26.9. The average Bonchev–Trinajstić information content (AvgIpc) is 3.58. The lowest BCUT2D eigenvalue weighted by Gasteiger charge is -2.29. The molecule has 39 heavy (non-hydrogen) atoms. The molecule has 1 amide bonds. The molecule has 6 rings (SSSR count). The van der Waals surface area contributed by atoms with Crippen molar-refractivity contribution in [2.75, 3.05) is 0 Å². The highest BCUT2D eigenvalue weighted by atomic mass is 35.5. The molecular formula is C29H28ClN7O2. The number of aromatic nitrogens is 6. The summed E-state index contributed by atoms with van der Waals surface area (Å²) >= 11 is 6.04. The topological polar surface area (TPSA) is 99.6 Å². The molecule has 5 aromatic rings. The minimum absolute atomic E-state index is 0.0762. The van der Waals surface area contributed by atoms with Gasteiger partial charge in [0, 0.05) is 31.2 Å². The number of rotatable bonds is 6. The molecule has 1 aliphatic carbocycles. The van der Waals surface area contributed by atoms with Crippen molar-refractivity contribution in [2.45, 2.75) is 45.2 Å². The summed E-state index contributed by atoms with van der Waals surface area (Å²) < 4.78 is 5.43. The molecule has 0 unspecified atom stereocenters. The molecule has 4 aromatic heterocycles. The van der Waals surface area contributed by atoms with Gasteiger partial charge in [0.05, 0.1) is 39.2 Å². The zero-order valence-corrected chi connectivity index (χ0v) is 22.3. The van der Waals surface area contributed by atoms with Gasteiger partial charge in [-0.15, -0.1) is 0 Å². The molecule has 4 heterocycles. The fourth-order valence-electron chi connectivity index (χ4n) is 5.44. The second kappa shape index (κ2) is 10.5. The van der Waals surface area contributed by atoms with E-state index in [0.29, 0.717) is 28.7 Å². The van der Waals surface area contributed by atoms with Crippen molar-refractivity contribution in [2.24, 2.45) is 5.92 Å². The SMILES string of the molecule is Cc1ncc(Cl)cc1C(=O)N[C@H]1CC[C@H](Cn2c(=O)n(-c3ccc(-n4ccnc4)nc3)c3ccccc32)CC1. The van der Waals surface area contributed by atoms with E-state index in [1.165, 1.54) is 0 Å². The van der Waals surface area contributed by atoms with Gasteiger partial charge in [-0.1, -0.05) is 23.7 Å². The van der Waals surface area contributed by atoms with Gasteiger partial charge in [0.1, 0.15) is 12.1 Å². The number of carbonyl (C=O) groups is 1. The van der Waals surface area contributed by atoms with E-state index < -0.39 is 0 Å². The normalized spacial score (nSPS) is 17.4. The Morgan fingerprint density at radius 3 is 2.56 bits per heavy atom. The fourth-order valence-corrected chi connectivity index (χ4v) is 5.60. The highest BCUT2D eigenvalue weighted by molar-refractivity contribution is 6.30. The third-order valence-corrected chi connectivity index (χ3v) is 7.72. The number of nitrogens with one attached hydrogen (secondary N) is 1. The van der Waals surface area contributed by atoms with Crippen molar-refractivity contribution in [1.29, 1.82) is 0 Å². The van der Waals surface area contributed by atoms with E-state index >= 15 is 0 Å². The first-order chi connectivity index (χ1) is 19.0. The first-order valence-electron chi connectivity index (χ1n) is 13.1. The molecule has 0 aliphatic heterocycles. The van der Waals surface area contributed by atoms with Crippen LogP contribution in [-0.4, -0.2) is 40.6 Å². The molecule has 0 bridgehead atoms. The predicted octanol–water partition coefficient (Wildman–Crippen LogP) is 4.72. The van der Waals surface area contributed by atoms with Gasteiger partial charge in [-0.05, 0) is 68.9 Å². The van der Waals surface area contributed by atoms with Gasteiger partial charge >= 0.3 is 5.69 Å². The number of carbonyl (C=O) groups excluding carboxylic acids is 1. The van der Waals surface area contributed by atoms with Crippen molar-refractivity contribution in [3.05, 3.63) is 100 Å². The van der Waals surface area contributed by atoms with Gasteiger partial charge in [-0.3, -0.25) is 23.5 Å². The minimum Gasteiger partial charge on any atom is -0.349 e. The summed E-state index contributed by atoms with van der Waals surface area (Å²) in [7, 11) is 0. The van der Waals surface area contributed by atoms with Gasteiger partial charge < -0.3 is 5.32 Å². The van der Waals surface area contributed by atoms with Crippen LogP contribution in [0.15, 0.2) is 78.4 Å². The van der Waals surface area contributed by atoms with E-state index in [1.54, 1.807) is 42.5 Å². The second-order valence-corrected chi connectivity index (χ2v) is 10.5. The van der Waals surface area contributed by atoms with Gasteiger partial charge in [0.2, 0.25) is 0 Å². The summed E-state index contributed by atoms with van der Waals surface area (Å²) in [5, 5.41) is 3.59. The van der Waals surface area contributed by atoms with Gasteiger partial charge in [-0.25, -0.2) is 14.8 Å². The molecule has 1 N–H and O–H groups in total. The maximum absolute atomic E-state index is 13.7. The third-order valence-electron chi connectivity index (χ3n) is 7.52. The number of pyridine rings is 2. The molecule has 0 spiro atoms. The van der Waals surface area contributed by atoms with Crippen LogP contribution in [0.4, 0.5) is 0 Å². The first kappa shape index (κ1) is 25.1. The summed E-state index contributed by atoms with van der Waals surface area (Å²) in [6, 6.07) is 13.4. The minimum atomic E-state index is -0.141. The van der Waals surface area contributed by atoms with Crippen LogP contribution in [0.25, 0.3) is 22.5 Å². The smallest absolute Gasteiger partial charge is 0.333 e. The first-order valence-corrected chi connectivity index (χ1v) is 13.4. The monoisotopic (exact) mass is 541 g/mol. The Labute approximate surface area is 230 Å². The van der Waals surface area contributed by atoms with Crippen LogP contribution in [0, 0.1) is 12.8 Å². The number of nitrogens with zero attached hydrogens (tertiary/aromatic N) is 6. The molecular weight excluding hydrogens is 514 g/mol. The molecule has 10 heteroatoms. The van der Waals surface area contributed by atoms with Gasteiger partial charge in [0.25, 0.3) is 5.91 Å². The number of benzene rings is 1. The molecule has 198 valence electrons. The fraction of sp³-hybridized carbons (Fsp3) is 0.276. The molecule has 0 radical (unpaired) electrons. The Kier molecular flexibility index (Phi) is 6.74. The molecule has 1 saturated carbocycles. The Morgan fingerprint density at radius 2 is 1.85 bits per heavy atom. The number of halogens is 1. The number of fused-ring (bicyclic) bond motifs is 1. The molecule has 1 aromatic carbocycles. The van der Waals surface area contributed by atoms with Crippen LogP contribution in [0.5, 0.6) is 0 Å². The van der Waals surface area contributed by atoms with Crippen LogP contribution in [0.1, 0.15) is 41.7 Å². The summed E-state index contributed by atoms with van der Waals surface area (Å²) in [5.41, 5.74) is 3.57. The van der Waals surface area contributed by atoms with E-state index in [9.17, 15) is 9.59 Å². The lowest BCUT2D eigenvalue weighted by Crippen LogP contribution is -2.39. The molecule has 0 atom stereocenters. The van der Waals surface area contributed by atoms with Crippen LogP contribution >= 0.6 is 11.6 Å². The molecule has 9 nitrogen and oxygen atoms in total. The highest BCUT2D eigenvalue weighted by Gasteiger charge is 2.25. The van der Waals surface area contributed by atoms with Crippen LogP contribution in [0.2, 0.25) is 5.02 Å². The van der Waals surface area contributed by atoms with Crippen molar-refractivity contribution < 1.29 is 4.79 Å². The zero-order valence-electron chi connectivity index (χ0n) is 21.5. The molecule has 1 fully saturated rings. The van der Waals surface area contributed by atoms with Crippen molar-refractivity contribution in [3.63, 3.8) is 0 Å². The van der Waals surface area contributed by atoms with E-state index in [4.69, 9.17) is 11.6 Å². The quantitative estimate of drug-likeness (QED) is 0.335. The highest BCUT2D eigenvalue weighted by Crippen LogP contribution is 2.28. The number of aryl methyl sites for hydroxylation is 1. The van der Waals surface area contributed by atoms with E-state index in [1.807, 2.05) is 51.7 Å². The number of para-hydroxylation sites is 2. The maximum atomic E-state index is 13.7. The average molecular weight is 542 g/mol. The Morgan fingerprint density at radius 1 is 1.05 bits per heavy atom. The summed E-state index contributed by atoms with van der Waals surface area (Å²) in [6.07, 6.45) is 12.0. The standard InChI is InChI=1S/C29H28ClN7O2/c1-19-24(14-21(30)15-32-19)28(38)34-22-8-6-20(7-9-22)17-36-25-4-2-3-5-26(25)37(29(36)39)23-10-11-27(33-16-23)35-13-12-31-18-35/h2-5,10-16,18,20,22H,6-9,17H2,1H3,(H,34,38)/t20-,22-. The maximum Gasteiger partial charge on any atom is 0.333 e. The van der Waals surface area contributed by atoms with Gasteiger partial charge in [-0.2, -0.15) is 0 Å². The van der Waals surface area contributed by atoms with Crippen LogP contribution < -0.4 is 11.0 Å². The number of hydrogen-bond donors (Lipinski definition) is 1. The lowest BCUT2D eigenvalue weighted by molar-refractivity contribution is 0.0919.